The van der Waals surface area contributed by atoms with Gasteiger partial charge in [0.15, 0.2) is 0 Å². The molecule has 0 unspecified atom stereocenters. The Kier molecular flexibility index (Phi) is 7.28. The molecule has 0 aliphatic rings. The highest BCUT2D eigenvalue weighted by Crippen LogP contribution is 2.36. The normalized spacial score (nSPS) is 11.5. The topological polar surface area (TPSA) is 57.2 Å². The Morgan fingerprint density at radius 2 is 1.78 bits per heavy atom. The average molecular weight is 444 g/mol. The van der Waals surface area contributed by atoms with Gasteiger partial charge in [0.2, 0.25) is 0 Å². The molecule has 1 heterocycles. The highest BCUT2D eigenvalue weighted by molar-refractivity contribution is 6.02. The lowest BCUT2D eigenvalue weighted by atomic mass is 9.97. The van der Waals surface area contributed by atoms with E-state index in [2.05, 4.69) is 16.2 Å². The molecule has 3 rings (SSSR count). The Hall–Kier alpha value is -3.22. The molecule has 0 bridgehead atoms. The van der Waals surface area contributed by atoms with Gasteiger partial charge in [0, 0.05) is 23.5 Å². The van der Waals surface area contributed by atoms with Gasteiger partial charge in [-0.2, -0.15) is 0 Å². The summed E-state index contributed by atoms with van der Waals surface area (Å²) >= 11 is 0. The number of nitrogens with zero attached hydrogens (tertiary/aromatic N) is 1. The molecule has 0 fully saturated rings. The molecule has 0 spiro atoms. The van der Waals surface area contributed by atoms with Crippen LogP contribution >= 0.6 is 0 Å². The minimum absolute atomic E-state index is 0.332. The predicted molar refractivity (Wildman–Crippen MR) is 119 cm³/mol. The van der Waals surface area contributed by atoms with Crippen molar-refractivity contribution in [2.45, 2.75) is 52.4 Å². The standard InChI is InChI=1S/C25H27F3N2O2/c1-3-4-13-21-23(19-11-8-12-20(16-19)32-25(26,27)28)22(24(29)31)17(2)30(21)15-14-18-9-6-5-7-10-18/h5-12,16H,3-4,13-15H2,1-2H3,(H2,29,31). The fourth-order valence-electron chi connectivity index (χ4n) is 4.05. The van der Waals surface area contributed by atoms with Crippen molar-refractivity contribution < 1.29 is 22.7 Å². The van der Waals surface area contributed by atoms with E-state index in [0.717, 1.165) is 36.2 Å². The Morgan fingerprint density at radius 1 is 1.06 bits per heavy atom. The second-order valence-corrected chi connectivity index (χ2v) is 7.71. The number of hydrogen-bond donors (Lipinski definition) is 1. The Balaban J connectivity index is 2.11. The zero-order valence-corrected chi connectivity index (χ0v) is 18.2. The van der Waals surface area contributed by atoms with Crippen molar-refractivity contribution in [2.75, 3.05) is 0 Å². The summed E-state index contributed by atoms with van der Waals surface area (Å²) < 4.78 is 44.5. The molecule has 0 atom stereocenters. The number of nitrogens with two attached hydrogens (primary N) is 1. The molecule has 32 heavy (non-hydrogen) atoms. The molecule has 3 aromatic rings. The van der Waals surface area contributed by atoms with Gasteiger partial charge in [0.1, 0.15) is 5.75 Å². The summed E-state index contributed by atoms with van der Waals surface area (Å²) in [5.41, 5.74) is 9.93. The lowest BCUT2D eigenvalue weighted by molar-refractivity contribution is -0.274. The van der Waals surface area contributed by atoms with E-state index in [0.29, 0.717) is 29.7 Å². The maximum absolute atomic E-state index is 12.8. The summed E-state index contributed by atoms with van der Waals surface area (Å²) in [4.78, 5) is 12.4. The molecule has 2 N–H and O–H groups in total. The van der Waals surface area contributed by atoms with Crippen molar-refractivity contribution in [3.63, 3.8) is 0 Å². The minimum atomic E-state index is -4.80. The molecule has 0 radical (unpaired) electrons. The molecule has 0 saturated carbocycles. The number of aromatic nitrogens is 1. The van der Waals surface area contributed by atoms with E-state index in [4.69, 9.17) is 5.73 Å². The fourth-order valence-corrected chi connectivity index (χ4v) is 4.05. The van der Waals surface area contributed by atoms with Crippen LogP contribution in [0.3, 0.4) is 0 Å². The van der Waals surface area contributed by atoms with Crippen molar-refractivity contribution in [1.82, 2.24) is 4.57 Å². The Morgan fingerprint density at radius 3 is 2.41 bits per heavy atom. The first-order valence-corrected chi connectivity index (χ1v) is 10.6. The van der Waals surface area contributed by atoms with Gasteiger partial charge in [-0.05, 0) is 49.4 Å². The summed E-state index contributed by atoms with van der Waals surface area (Å²) in [6, 6.07) is 15.7. The van der Waals surface area contributed by atoms with Crippen LogP contribution in [0.4, 0.5) is 13.2 Å². The molecule has 2 aromatic carbocycles. The first-order valence-electron chi connectivity index (χ1n) is 10.6. The van der Waals surface area contributed by atoms with Crippen LogP contribution in [0.1, 0.15) is 47.1 Å². The van der Waals surface area contributed by atoms with Crippen LogP contribution in [0, 0.1) is 6.92 Å². The second-order valence-electron chi connectivity index (χ2n) is 7.71. The number of ether oxygens (including phenoxy) is 1. The lowest BCUT2D eigenvalue weighted by Crippen LogP contribution is -2.17. The molecule has 170 valence electrons. The van der Waals surface area contributed by atoms with E-state index in [1.54, 1.807) is 6.07 Å². The number of alkyl halides is 3. The molecule has 0 saturated heterocycles. The number of benzene rings is 2. The number of unbranched alkanes of at least 4 members (excludes halogenated alkanes) is 1. The maximum Gasteiger partial charge on any atom is 0.573 e. The number of rotatable bonds is 9. The van der Waals surface area contributed by atoms with Crippen molar-refractivity contribution in [1.29, 1.82) is 0 Å². The lowest BCUT2D eigenvalue weighted by Gasteiger charge is -2.14. The van der Waals surface area contributed by atoms with Crippen LogP contribution in [-0.2, 0) is 19.4 Å². The predicted octanol–water partition coefficient (Wildman–Crippen LogP) is 6.05. The monoisotopic (exact) mass is 444 g/mol. The minimum Gasteiger partial charge on any atom is -0.406 e. The second kappa shape index (κ2) is 9.94. The number of aryl methyl sites for hydroxylation is 1. The van der Waals surface area contributed by atoms with Gasteiger partial charge in [0.25, 0.3) is 5.91 Å². The van der Waals surface area contributed by atoms with E-state index < -0.39 is 12.3 Å². The van der Waals surface area contributed by atoms with Gasteiger partial charge < -0.3 is 15.0 Å². The van der Waals surface area contributed by atoms with E-state index >= 15 is 0 Å². The zero-order valence-electron chi connectivity index (χ0n) is 18.2. The van der Waals surface area contributed by atoms with E-state index in [9.17, 15) is 18.0 Å². The molecular formula is C25H27F3N2O2. The van der Waals surface area contributed by atoms with E-state index in [1.165, 1.54) is 18.2 Å². The quantitative estimate of drug-likeness (QED) is 0.437. The van der Waals surface area contributed by atoms with Gasteiger partial charge in [-0.3, -0.25) is 4.79 Å². The van der Waals surface area contributed by atoms with Gasteiger partial charge >= 0.3 is 6.36 Å². The van der Waals surface area contributed by atoms with Crippen molar-refractivity contribution in [2.24, 2.45) is 5.73 Å². The third-order valence-corrected chi connectivity index (χ3v) is 5.47. The highest BCUT2D eigenvalue weighted by Gasteiger charge is 2.31. The molecule has 0 aliphatic carbocycles. The first-order chi connectivity index (χ1) is 15.2. The van der Waals surface area contributed by atoms with Gasteiger partial charge in [-0.15, -0.1) is 13.2 Å². The molecule has 1 aromatic heterocycles. The van der Waals surface area contributed by atoms with Crippen LogP contribution in [0.25, 0.3) is 11.1 Å². The molecule has 7 heteroatoms. The zero-order chi connectivity index (χ0) is 23.3. The van der Waals surface area contributed by atoms with Crippen LogP contribution in [0.2, 0.25) is 0 Å². The smallest absolute Gasteiger partial charge is 0.406 e. The van der Waals surface area contributed by atoms with Gasteiger partial charge in [0.05, 0.1) is 5.56 Å². The van der Waals surface area contributed by atoms with Crippen LogP contribution in [0.5, 0.6) is 5.75 Å². The van der Waals surface area contributed by atoms with Crippen molar-refractivity contribution in [3.05, 3.63) is 77.1 Å². The van der Waals surface area contributed by atoms with Crippen molar-refractivity contribution in [3.8, 4) is 16.9 Å². The van der Waals surface area contributed by atoms with Crippen LogP contribution in [-0.4, -0.2) is 16.8 Å². The molecular weight excluding hydrogens is 417 g/mol. The Labute approximate surface area is 185 Å². The number of halogens is 3. The van der Waals surface area contributed by atoms with E-state index in [-0.39, 0.29) is 5.75 Å². The Bertz CT molecular complexity index is 1070. The molecule has 1 amide bonds. The summed E-state index contributed by atoms with van der Waals surface area (Å²) in [7, 11) is 0. The number of hydrogen-bond acceptors (Lipinski definition) is 2. The molecule has 4 nitrogen and oxygen atoms in total. The van der Waals surface area contributed by atoms with Crippen LogP contribution < -0.4 is 10.5 Å². The summed E-state index contributed by atoms with van der Waals surface area (Å²) in [6.07, 6.45) is -1.55. The fraction of sp³-hybridized carbons (Fsp3) is 0.320. The first kappa shape index (κ1) is 23.4. The van der Waals surface area contributed by atoms with E-state index in [1.807, 2.05) is 37.3 Å². The number of amides is 1. The maximum atomic E-state index is 12.8. The number of primary amides is 1. The largest absolute Gasteiger partial charge is 0.573 e. The third-order valence-electron chi connectivity index (χ3n) is 5.47. The molecule has 0 aliphatic heterocycles. The summed E-state index contributed by atoms with van der Waals surface area (Å²) in [5, 5.41) is 0. The highest BCUT2D eigenvalue weighted by atomic mass is 19.4. The van der Waals surface area contributed by atoms with Gasteiger partial charge in [-0.25, -0.2) is 0 Å². The summed E-state index contributed by atoms with van der Waals surface area (Å²) in [6.45, 7) is 4.53. The van der Waals surface area contributed by atoms with Crippen molar-refractivity contribution >= 4 is 5.91 Å². The van der Waals surface area contributed by atoms with Gasteiger partial charge in [-0.1, -0.05) is 55.8 Å². The average Bonchev–Trinajstić information content (AvgIpc) is 3.02. The summed E-state index contributed by atoms with van der Waals surface area (Å²) in [5.74, 6) is -0.933. The third kappa shape index (κ3) is 5.52. The number of carbonyl (C=O) groups excluding carboxylic acids is 1. The SMILES string of the molecule is CCCCc1c(-c2cccc(OC(F)(F)F)c2)c(C(N)=O)c(C)n1CCc1ccccc1. The van der Waals surface area contributed by atoms with Crippen LogP contribution in [0.15, 0.2) is 54.6 Å². The number of carbonyl (C=O) groups is 1.